The lowest BCUT2D eigenvalue weighted by Crippen LogP contribution is -2.35. The van der Waals surface area contributed by atoms with Gasteiger partial charge < -0.3 is 5.32 Å². The van der Waals surface area contributed by atoms with E-state index in [-0.39, 0.29) is 5.41 Å². The van der Waals surface area contributed by atoms with Gasteiger partial charge in [0.05, 0.1) is 5.75 Å². The summed E-state index contributed by atoms with van der Waals surface area (Å²) in [6, 6.07) is 0. The minimum absolute atomic E-state index is 0.254. The van der Waals surface area contributed by atoms with E-state index in [1.54, 1.807) is 4.31 Å². The SMILES string of the molecule is O=S(=O)(CCC1CCC1)N1CCC2(CCNC2)C1. The molecule has 3 rings (SSSR count). The number of hydrogen-bond acceptors (Lipinski definition) is 3. The molecule has 3 aliphatic rings. The highest BCUT2D eigenvalue weighted by molar-refractivity contribution is 7.89. The minimum Gasteiger partial charge on any atom is -0.316 e. The number of sulfonamides is 1. The molecule has 1 unspecified atom stereocenters. The van der Waals surface area contributed by atoms with Crippen LogP contribution in [-0.4, -0.2) is 44.7 Å². The Morgan fingerprint density at radius 3 is 2.72 bits per heavy atom. The monoisotopic (exact) mass is 272 g/mol. The lowest BCUT2D eigenvalue weighted by molar-refractivity contribution is 0.304. The predicted octanol–water partition coefficient (Wildman–Crippen LogP) is 1.19. The van der Waals surface area contributed by atoms with Gasteiger partial charge in [-0.2, -0.15) is 0 Å². The van der Waals surface area contributed by atoms with Crippen molar-refractivity contribution in [1.82, 2.24) is 9.62 Å². The van der Waals surface area contributed by atoms with Gasteiger partial charge in [-0.05, 0) is 37.1 Å². The second kappa shape index (κ2) is 4.76. The maximum Gasteiger partial charge on any atom is 0.214 e. The zero-order valence-corrected chi connectivity index (χ0v) is 11.8. The Morgan fingerprint density at radius 1 is 1.28 bits per heavy atom. The van der Waals surface area contributed by atoms with E-state index in [4.69, 9.17) is 0 Å². The van der Waals surface area contributed by atoms with Crippen molar-refractivity contribution in [3.8, 4) is 0 Å². The highest BCUT2D eigenvalue weighted by Crippen LogP contribution is 2.38. The summed E-state index contributed by atoms with van der Waals surface area (Å²) in [6.45, 7) is 3.55. The molecule has 3 fully saturated rings. The summed E-state index contributed by atoms with van der Waals surface area (Å²) in [6.07, 6.45) is 6.84. The largest absolute Gasteiger partial charge is 0.316 e. The molecule has 1 atom stereocenters. The zero-order chi connectivity index (χ0) is 12.6. The maximum absolute atomic E-state index is 12.3. The van der Waals surface area contributed by atoms with E-state index >= 15 is 0 Å². The van der Waals surface area contributed by atoms with E-state index in [9.17, 15) is 8.42 Å². The topological polar surface area (TPSA) is 49.4 Å². The summed E-state index contributed by atoms with van der Waals surface area (Å²) in [5.41, 5.74) is 0.254. The van der Waals surface area contributed by atoms with Crippen LogP contribution in [0.4, 0.5) is 0 Å². The third-order valence-corrected chi connectivity index (χ3v) is 6.99. The molecule has 5 heteroatoms. The van der Waals surface area contributed by atoms with Gasteiger partial charge in [0.15, 0.2) is 0 Å². The van der Waals surface area contributed by atoms with Gasteiger partial charge in [0.1, 0.15) is 0 Å². The van der Waals surface area contributed by atoms with Crippen LogP contribution < -0.4 is 5.32 Å². The van der Waals surface area contributed by atoms with Gasteiger partial charge in [-0.15, -0.1) is 0 Å². The molecule has 18 heavy (non-hydrogen) atoms. The molecule has 0 radical (unpaired) electrons. The molecule has 1 aliphatic carbocycles. The minimum atomic E-state index is -2.99. The molecular formula is C13H24N2O2S. The number of nitrogens with one attached hydrogen (secondary N) is 1. The summed E-state index contributed by atoms with van der Waals surface area (Å²) in [5, 5.41) is 3.37. The van der Waals surface area contributed by atoms with Crippen LogP contribution in [0.2, 0.25) is 0 Å². The molecule has 4 nitrogen and oxygen atoms in total. The molecule has 1 spiro atoms. The average molecular weight is 272 g/mol. The normalized spacial score (nSPS) is 34.2. The van der Waals surface area contributed by atoms with Crippen molar-refractivity contribution in [1.29, 1.82) is 0 Å². The van der Waals surface area contributed by atoms with Gasteiger partial charge in [0.25, 0.3) is 0 Å². The predicted molar refractivity (Wildman–Crippen MR) is 71.9 cm³/mol. The Kier molecular flexibility index (Phi) is 3.41. The van der Waals surface area contributed by atoms with Crippen molar-refractivity contribution in [3.63, 3.8) is 0 Å². The third kappa shape index (κ3) is 2.45. The molecule has 0 bridgehead atoms. The zero-order valence-electron chi connectivity index (χ0n) is 11.0. The Hall–Kier alpha value is -0.130. The number of hydrogen-bond donors (Lipinski definition) is 1. The first-order valence-electron chi connectivity index (χ1n) is 7.28. The van der Waals surface area contributed by atoms with Crippen molar-refractivity contribution in [2.45, 2.75) is 38.5 Å². The molecule has 2 saturated heterocycles. The van der Waals surface area contributed by atoms with E-state index in [1.807, 2.05) is 0 Å². The highest BCUT2D eigenvalue weighted by atomic mass is 32.2. The highest BCUT2D eigenvalue weighted by Gasteiger charge is 2.43. The first-order chi connectivity index (χ1) is 8.60. The second-order valence-electron chi connectivity index (χ2n) is 6.41. The molecule has 1 N–H and O–H groups in total. The van der Waals surface area contributed by atoms with Gasteiger partial charge in [-0.1, -0.05) is 19.3 Å². The first-order valence-corrected chi connectivity index (χ1v) is 8.89. The summed E-state index contributed by atoms with van der Waals surface area (Å²) in [5.74, 6) is 1.06. The van der Waals surface area contributed by atoms with Gasteiger partial charge in [0, 0.05) is 19.6 Å². The van der Waals surface area contributed by atoms with Crippen molar-refractivity contribution in [3.05, 3.63) is 0 Å². The van der Waals surface area contributed by atoms with Crippen LogP contribution in [0.5, 0.6) is 0 Å². The molecule has 1 saturated carbocycles. The summed E-state index contributed by atoms with van der Waals surface area (Å²) in [7, 11) is -2.99. The fraction of sp³-hybridized carbons (Fsp3) is 1.00. The Bertz CT molecular complexity index is 397. The van der Waals surface area contributed by atoms with Crippen molar-refractivity contribution in [2.24, 2.45) is 11.3 Å². The lowest BCUT2D eigenvalue weighted by atomic mass is 9.84. The van der Waals surface area contributed by atoms with Crippen LogP contribution in [0, 0.1) is 11.3 Å². The van der Waals surface area contributed by atoms with E-state index in [2.05, 4.69) is 5.32 Å². The molecule has 2 aliphatic heterocycles. The fourth-order valence-electron chi connectivity index (χ4n) is 3.50. The number of nitrogens with zero attached hydrogens (tertiary/aromatic N) is 1. The maximum atomic E-state index is 12.3. The van der Waals surface area contributed by atoms with Crippen molar-refractivity contribution < 1.29 is 8.42 Å². The van der Waals surface area contributed by atoms with E-state index < -0.39 is 10.0 Å². The summed E-state index contributed by atoms with van der Waals surface area (Å²) in [4.78, 5) is 0. The Morgan fingerprint density at radius 2 is 2.11 bits per heavy atom. The molecule has 2 heterocycles. The van der Waals surface area contributed by atoms with Gasteiger partial charge >= 0.3 is 0 Å². The molecule has 0 aromatic carbocycles. The van der Waals surface area contributed by atoms with Crippen LogP contribution >= 0.6 is 0 Å². The van der Waals surface area contributed by atoms with Crippen molar-refractivity contribution >= 4 is 10.0 Å². The fourth-order valence-corrected chi connectivity index (χ4v) is 5.23. The van der Waals surface area contributed by atoms with E-state index in [0.29, 0.717) is 11.7 Å². The smallest absolute Gasteiger partial charge is 0.214 e. The Labute approximate surface area is 110 Å². The molecule has 0 aromatic heterocycles. The van der Waals surface area contributed by atoms with Crippen LogP contribution in [0.15, 0.2) is 0 Å². The van der Waals surface area contributed by atoms with Crippen LogP contribution in [0.25, 0.3) is 0 Å². The average Bonchev–Trinajstić information content (AvgIpc) is 2.88. The molecule has 104 valence electrons. The quantitative estimate of drug-likeness (QED) is 0.836. The molecule has 0 amide bonds. The van der Waals surface area contributed by atoms with E-state index in [1.165, 1.54) is 19.3 Å². The summed E-state index contributed by atoms with van der Waals surface area (Å²) < 4.78 is 26.4. The molecular weight excluding hydrogens is 248 g/mol. The van der Waals surface area contributed by atoms with Crippen molar-refractivity contribution in [2.75, 3.05) is 31.9 Å². The van der Waals surface area contributed by atoms with Gasteiger partial charge in [-0.25, -0.2) is 12.7 Å². The summed E-state index contributed by atoms with van der Waals surface area (Å²) >= 11 is 0. The third-order valence-electron chi connectivity index (χ3n) is 5.14. The standard InChI is InChI=1S/C13H24N2O2S/c16-18(17,9-4-12-2-1-3-12)15-8-6-13(11-15)5-7-14-10-13/h12,14H,1-11H2. The van der Waals surface area contributed by atoms with E-state index in [0.717, 1.165) is 45.4 Å². The molecule has 0 aromatic rings. The first kappa shape index (κ1) is 12.9. The second-order valence-corrected chi connectivity index (χ2v) is 8.50. The lowest BCUT2D eigenvalue weighted by Gasteiger charge is -2.27. The van der Waals surface area contributed by atoms with Gasteiger partial charge in [0.2, 0.25) is 10.0 Å². The van der Waals surface area contributed by atoms with Crippen LogP contribution in [0.3, 0.4) is 0 Å². The Balaban J connectivity index is 1.56. The van der Waals surface area contributed by atoms with Gasteiger partial charge in [-0.3, -0.25) is 0 Å². The van der Waals surface area contributed by atoms with Crippen LogP contribution in [-0.2, 0) is 10.0 Å². The van der Waals surface area contributed by atoms with Crippen LogP contribution in [0.1, 0.15) is 38.5 Å². The number of rotatable bonds is 4.